The first kappa shape index (κ1) is 13.4. The van der Waals surface area contributed by atoms with Gasteiger partial charge in [0, 0.05) is 0 Å². The molecule has 0 atom stereocenters. The Morgan fingerprint density at radius 3 is 2.41 bits per heavy atom. The number of anilines is 1. The Morgan fingerprint density at radius 2 is 1.94 bits per heavy atom. The van der Waals surface area contributed by atoms with Crippen LogP contribution in [-0.2, 0) is 4.79 Å². The molecule has 0 aromatic heterocycles. The van der Waals surface area contributed by atoms with Crippen LogP contribution in [0.3, 0.4) is 0 Å². The highest BCUT2D eigenvalue weighted by Crippen LogP contribution is 2.26. The predicted octanol–water partition coefficient (Wildman–Crippen LogP) is 2.97. The zero-order valence-corrected chi connectivity index (χ0v) is 8.61. The fourth-order valence-corrected chi connectivity index (χ4v) is 1.09. The summed E-state index contributed by atoms with van der Waals surface area (Å²) in [6.07, 6.45) is -4.14. The highest BCUT2D eigenvalue weighted by molar-refractivity contribution is 5.97. The van der Waals surface area contributed by atoms with E-state index in [2.05, 4.69) is 0 Å². The Labute approximate surface area is 93.4 Å². The maximum absolute atomic E-state index is 13.2. The van der Waals surface area contributed by atoms with Gasteiger partial charge in [0.1, 0.15) is 5.82 Å². The van der Waals surface area contributed by atoms with Crippen molar-refractivity contribution in [3.8, 4) is 0 Å². The lowest BCUT2D eigenvalue weighted by Gasteiger charge is -2.16. The number of hydrogen-bond donors (Lipinski definition) is 1. The molecule has 0 radical (unpaired) electrons. The number of carbonyl (C=O) groups is 1. The average molecular weight is 253 g/mol. The number of carbonyl (C=O) groups excluding carboxylic acids is 1. The maximum Gasteiger partial charge on any atom is 0.383 e. The first-order valence-corrected chi connectivity index (χ1v) is 4.49. The lowest BCUT2D eigenvalue weighted by molar-refractivity contribution is -0.163. The summed E-state index contributed by atoms with van der Waals surface area (Å²) in [5, 5.41) is 1.46. The number of rotatable bonds is 3. The van der Waals surface area contributed by atoms with Crippen molar-refractivity contribution in [2.24, 2.45) is 0 Å². The quantitative estimate of drug-likeness (QED) is 0.824. The van der Waals surface area contributed by atoms with Crippen LogP contribution >= 0.6 is 0 Å². The fraction of sp³-hybridized carbons (Fsp3) is 0.300. The minimum atomic E-state index is -4.85. The van der Waals surface area contributed by atoms with Crippen molar-refractivity contribution in [2.75, 3.05) is 5.32 Å². The minimum absolute atomic E-state index is 0.156. The van der Waals surface area contributed by atoms with Crippen LogP contribution in [0.25, 0.3) is 0 Å². The summed E-state index contributed by atoms with van der Waals surface area (Å²) >= 11 is 0. The normalized spacial score (nSPS) is 11.7. The zero-order chi connectivity index (χ0) is 13.2. The molecule has 0 aliphatic heterocycles. The first-order chi connectivity index (χ1) is 7.76. The molecule has 0 aliphatic rings. The minimum Gasteiger partial charge on any atom is -0.318 e. The van der Waals surface area contributed by atoms with Gasteiger partial charge in [-0.05, 0) is 18.6 Å². The summed E-state index contributed by atoms with van der Waals surface area (Å²) in [5.74, 6) is -8.06. The van der Waals surface area contributed by atoms with E-state index in [0.717, 1.165) is 6.07 Å². The van der Waals surface area contributed by atoms with Gasteiger partial charge < -0.3 is 5.32 Å². The van der Waals surface area contributed by atoms with Crippen molar-refractivity contribution < 1.29 is 26.7 Å². The van der Waals surface area contributed by atoms with Crippen LogP contribution in [0, 0.1) is 12.7 Å². The molecule has 1 N–H and O–H groups in total. The van der Waals surface area contributed by atoms with Gasteiger partial charge in [-0.15, -0.1) is 0 Å². The second-order valence-corrected chi connectivity index (χ2v) is 3.31. The molecule has 0 saturated heterocycles. The van der Waals surface area contributed by atoms with Gasteiger partial charge in [0.05, 0.1) is 5.69 Å². The van der Waals surface area contributed by atoms with Crippen LogP contribution in [0.4, 0.5) is 27.6 Å². The molecule has 2 nitrogen and oxygen atoms in total. The molecule has 0 bridgehead atoms. The van der Waals surface area contributed by atoms with E-state index in [1.165, 1.54) is 24.4 Å². The van der Waals surface area contributed by atoms with Crippen molar-refractivity contribution in [1.82, 2.24) is 0 Å². The van der Waals surface area contributed by atoms with E-state index in [9.17, 15) is 26.7 Å². The summed E-state index contributed by atoms with van der Waals surface area (Å²) in [5.41, 5.74) is -0.374. The van der Waals surface area contributed by atoms with E-state index in [1.54, 1.807) is 0 Å². The Bertz CT molecular complexity index is 412. The molecule has 0 saturated carbocycles. The molecule has 0 fully saturated rings. The third kappa shape index (κ3) is 2.72. The summed E-state index contributed by atoms with van der Waals surface area (Å²) in [4.78, 5) is 10.9. The Balaban J connectivity index is 2.96. The standard InChI is InChI=1S/C10H8F5NO/c1-5-3-2-4-6(11)7(5)16-9(17)10(14,15)8(12)13/h2-4,8H,1H3,(H,16,17). The van der Waals surface area contributed by atoms with Gasteiger partial charge in [0.25, 0.3) is 0 Å². The van der Waals surface area contributed by atoms with E-state index < -0.39 is 29.8 Å². The number of nitrogens with one attached hydrogen (secondary N) is 1. The third-order valence-corrected chi connectivity index (χ3v) is 2.04. The fourth-order valence-electron chi connectivity index (χ4n) is 1.09. The molecule has 0 spiro atoms. The SMILES string of the molecule is Cc1cccc(F)c1NC(=O)C(F)(F)C(F)F. The van der Waals surface area contributed by atoms with Crippen LogP contribution in [-0.4, -0.2) is 18.3 Å². The lowest BCUT2D eigenvalue weighted by Crippen LogP contribution is -2.41. The van der Waals surface area contributed by atoms with Gasteiger partial charge in [-0.3, -0.25) is 4.79 Å². The van der Waals surface area contributed by atoms with Gasteiger partial charge in [0.15, 0.2) is 0 Å². The Kier molecular flexibility index (Phi) is 3.69. The predicted molar refractivity (Wildman–Crippen MR) is 50.7 cm³/mol. The second kappa shape index (κ2) is 4.68. The second-order valence-electron chi connectivity index (χ2n) is 3.31. The van der Waals surface area contributed by atoms with Crippen LogP contribution in [0.1, 0.15) is 5.56 Å². The number of alkyl halides is 4. The van der Waals surface area contributed by atoms with Gasteiger partial charge in [-0.2, -0.15) is 8.78 Å². The molecule has 17 heavy (non-hydrogen) atoms. The zero-order valence-electron chi connectivity index (χ0n) is 8.61. The molecule has 0 unspecified atom stereocenters. The van der Waals surface area contributed by atoms with E-state index >= 15 is 0 Å². The molecular weight excluding hydrogens is 245 g/mol. The number of benzene rings is 1. The molecule has 94 valence electrons. The smallest absolute Gasteiger partial charge is 0.318 e. The number of aryl methyl sites for hydroxylation is 1. The van der Waals surface area contributed by atoms with Gasteiger partial charge in [0.2, 0.25) is 0 Å². The first-order valence-electron chi connectivity index (χ1n) is 4.49. The maximum atomic E-state index is 13.2. The molecule has 1 aromatic carbocycles. The molecule has 0 aliphatic carbocycles. The van der Waals surface area contributed by atoms with Gasteiger partial charge in [-0.1, -0.05) is 12.1 Å². The number of hydrogen-bond acceptors (Lipinski definition) is 1. The van der Waals surface area contributed by atoms with Crippen LogP contribution in [0.15, 0.2) is 18.2 Å². The molecule has 7 heteroatoms. The van der Waals surface area contributed by atoms with Crippen LogP contribution in [0.5, 0.6) is 0 Å². The van der Waals surface area contributed by atoms with Crippen molar-refractivity contribution in [3.63, 3.8) is 0 Å². The van der Waals surface area contributed by atoms with Crippen molar-refractivity contribution in [1.29, 1.82) is 0 Å². The number of amides is 1. The third-order valence-electron chi connectivity index (χ3n) is 2.04. The van der Waals surface area contributed by atoms with Crippen LogP contribution < -0.4 is 5.32 Å². The Hall–Kier alpha value is -1.66. The van der Waals surface area contributed by atoms with E-state index in [-0.39, 0.29) is 5.56 Å². The monoisotopic (exact) mass is 253 g/mol. The van der Waals surface area contributed by atoms with Crippen LogP contribution in [0.2, 0.25) is 0 Å². The molecule has 1 rings (SSSR count). The summed E-state index contributed by atoms with van der Waals surface area (Å²) in [6, 6.07) is 3.56. The van der Waals surface area contributed by atoms with Crippen molar-refractivity contribution in [3.05, 3.63) is 29.6 Å². The molecular formula is C10H8F5NO. The number of halogens is 5. The van der Waals surface area contributed by atoms with Crippen molar-refractivity contribution in [2.45, 2.75) is 19.3 Å². The lowest BCUT2D eigenvalue weighted by atomic mass is 10.2. The van der Waals surface area contributed by atoms with E-state index in [1.807, 2.05) is 0 Å². The summed E-state index contributed by atoms with van der Waals surface area (Å²) in [7, 11) is 0. The summed E-state index contributed by atoms with van der Waals surface area (Å²) in [6.45, 7) is 1.35. The highest BCUT2D eigenvalue weighted by Gasteiger charge is 2.49. The number of para-hydroxylation sites is 1. The molecule has 1 aromatic rings. The largest absolute Gasteiger partial charge is 0.383 e. The molecule has 1 amide bonds. The van der Waals surface area contributed by atoms with E-state index in [4.69, 9.17) is 0 Å². The van der Waals surface area contributed by atoms with Crippen molar-refractivity contribution >= 4 is 11.6 Å². The van der Waals surface area contributed by atoms with Gasteiger partial charge in [-0.25, -0.2) is 13.2 Å². The van der Waals surface area contributed by atoms with Gasteiger partial charge >= 0.3 is 18.3 Å². The molecule has 0 heterocycles. The average Bonchev–Trinajstić information content (AvgIpc) is 2.23. The topological polar surface area (TPSA) is 29.1 Å². The van der Waals surface area contributed by atoms with E-state index in [0.29, 0.717) is 0 Å². The summed E-state index contributed by atoms with van der Waals surface area (Å²) < 4.78 is 62.1. The Morgan fingerprint density at radius 1 is 1.35 bits per heavy atom. The highest BCUT2D eigenvalue weighted by atomic mass is 19.3.